The van der Waals surface area contributed by atoms with Crippen LogP contribution in [-0.2, 0) is 0 Å². The average Bonchev–Trinajstić information content (AvgIpc) is 2.68. The number of fused-ring (bicyclic) bond motifs is 1. The van der Waals surface area contributed by atoms with E-state index in [2.05, 4.69) is 25.9 Å². The zero-order valence-electron chi connectivity index (χ0n) is 13.2. The molecule has 3 nitrogen and oxygen atoms in total. The van der Waals surface area contributed by atoms with Gasteiger partial charge in [-0.15, -0.1) is 0 Å². The Morgan fingerprint density at radius 1 is 0.880 bits per heavy atom. The van der Waals surface area contributed by atoms with E-state index < -0.39 is 0 Å². The Labute approximate surface area is 153 Å². The topological polar surface area (TPSA) is 42.9 Å². The molecule has 2 heterocycles. The van der Waals surface area contributed by atoms with Crippen molar-refractivity contribution in [2.24, 2.45) is 0 Å². The molecule has 0 atom stereocenters. The minimum absolute atomic E-state index is 0.0513. The van der Waals surface area contributed by atoms with Crippen LogP contribution >= 0.6 is 15.9 Å². The highest BCUT2D eigenvalue weighted by molar-refractivity contribution is 9.10. The molecule has 4 rings (SSSR count). The number of carbonyl (C=O) groups excluding carboxylic acids is 1. The summed E-state index contributed by atoms with van der Waals surface area (Å²) in [5, 5.41) is 0.850. The highest BCUT2D eigenvalue weighted by Gasteiger charge is 2.17. The number of hydrogen-bond acceptors (Lipinski definition) is 3. The van der Waals surface area contributed by atoms with Crippen molar-refractivity contribution < 1.29 is 4.79 Å². The number of halogens is 1. The maximum atomic E-state index is 13.1. The predicted octanol–water partition coefficient (Wildman–Crippen LogP) is 5.29. The molecule has 25 heavy (non-hydrogen) atoms. The van der Waals surface area contributed by atoms with Gasteiger partial charge in [-0.05, 0) is 42.5 Å². The van der Waals surface area contributed by atoms with Crippen molar-refractivity contribution in [2.45, 2.75) is 0 Å². The molecule has 4 aromatic rings. The van der Waals surface area contributed by atoms with Crippen molar-refractivity contribution in [3.8, 4) is 11.3 Å². The summed E-state index contributed by atoms with van der Waals surface area (Å²) in [6, 6.07) is 22.7. The van der Waals surface area contributed by atoms with E-state index in [1.165, 1.54) is 0 Å². The predicted molar refractivity (Wildman–Crippen MR) is 103 cm³/mol. The Balaban J connectivity index is 1.94. The largest absolute Gasteiger partial charge is 0.289 e. The number of benzene rings is 2. The Morgan fingerprint density at radius 3 is 2.40 bits per heavy atom. The van der Waals surface area contributed by atoms with Gasteiger partial charge in [-0.25, -0.2) is 9.97 Å². The lowest BCUT2D eigenvalue weighted by molar-refractivity contribution is 0.103. The lowest BCUT2D eigenvalue weighted by atomic mass is 9.97. The van der Waals surface area contributed by atoms with Crippen LogP contribution in [0.3, 0.4) is 0 Å². The van der Waals surface area contributed by atoms with Crippen LogP contribution in [0.2, 0.25) is 0 Å². The molecule has 120 valence electrons. The van der Waals surface area contributed by atoms with E-state index in [0.717, 1.165) is 15.4 Å². The summed E-state index contributed by atoms with van der Waals surface area (Å²) in [4.78, 5) is 22.1. The van der Waals surface area contributed by atoms with E-state index in [-0.39, 0.29) is 5.78 Å². The fourth-order valence-corrected chi connectivity index (χ4v) is 3.02. The molecule has 4 heteroatoms. The molecule has 0 aliphatic carbocycles. The Morgan fingerprint density at radius 2 is 1.64 bits per heavy atom. The van der Waals surface area contributed by atoms with Crippen molar-refractivity contribution >= 4 is 32.7 Å². The molecule has 0 N–H and O–H groups in total. The first-order valence-corrected chi connectivity index (χ1v) is 8.63. The molecule has 0 aliphatic heterocycles. The van der Waals surface area contributed by atoms with Gasteiger partial charge in [0, 0.05) is 32.7 Å². The number of rotatable bonds is 3. The summed E-state index contributed by atoms with van der Waals surface area (Å²) >= 11 is 3.40. The van der Waals surface area contributed by atoms with Crippen molar-refractivity contribution in [3.05, 3.63) is 94.6 Å². The second-order valence-corrected chi connectivity index (χ2v) is 6.55. The molecule has 0 spiro atoms. The summed E-state index contributed by atoms with van der Waals surface area (Å²) in [6.45, 7) is 0. The zero-order chi connectivity index (χ0) is 17.2. The minimum Gasteiger partial charge on any atom is -0.289 e. The number of pyridine rings is 2. The van der Waals surface area contributed by atoms with E-state index in [4.69, 9.17) is 0 Å². The van der Waals surface area contributed by atoms with Gasteiger partial charge in [0.1, 0.15) is 0 Å². The molecule has 0 unspecified atom stereocenters. The monoisotopic (exact) mass is 388 g/mol. The van der Waals surface area contributed by atoms with Gasteiger partial charge in [-0.1, -0.05) is 46.3 Å². The average molecular weight is 389 g/mol. The Kier molecular flexibility index (Phi) is 4.12. The van der Waals surface area contributed by atoms with Gasteiger partial charge in [0.15, 0.2) is 11.4 Å². The van der Waals surface area contributed by atoms with Crippen LogP contribution in [0.25, 0.3) is 22.3 Å². The molecule has 0 fully saturated rings. The molecule has 0 radical (unpaired) electrons. The summed E-state index contributed by atoms with van der Waals surface area (Å²) < 4.78 is 0.938. The van der Waals surface area contributed by atoms with Crippen molar-refractivity contribution in [1.29, 1.82) is 0 Å². The molecule has 0 amide bonds. The smallest absolute Gasteiger partial charge is 0.195 e. The second kappa shape index (κ2) is 6.57. The highest BCUT2D eigenvalue weighted by atomic mass is 79.9. The number of nitrogens with zero attached hydrogens (tertiary/aromatic N) is 2. The van der Waals surface area contributed by atoms with Gasteiger partial charge in [-0.3, -0.25) is 4.79 Å². The molecule has 0 saturated carbocycles. The fourth-order valence-electron chi connectivity index (χ4n) is 2.75. The van der Waals surface area contributed by atoms with E-state index in [9.17, 15) is 4.79 Å². The van der Waals surface area contributed by atoms with Crippen LogP contribution in [0.1, 0.15) is 15.9 Å². The molecular formula is C21H13BrN2O. The molecule has 2 aromatic heterocycles. The van der Waals surface area contributed by atoms with Gasteiger partial charge in [0.05, 0.1) is 5.69 Å². The lowest BCUT2D eigenvalue weighted by Gasteiger charge is -2.10. The third-order valence-corrected chi connectivity index (χ3v) is 4.52. The third kappa shape index (κ3) is 3.08. The first kappa shape index (κ1) is 15.7. The third-order valence-electron chi connectivity index (χ3n) is 3.99. The van der Waals surface area contributed by atoms with Gasteiger partial charge in [0.25, 0.3) is 0 Å². The molecule has 0 aliphatic rings. The highest BCUT2D eigenvalue weighted by Crippen LogP contribution is 2.27. The summed E-state index contributed by atoms with van der Waals surface area (Å²) in [6.07, 6.45) is 1.71. The first-order valence-electron chi connectivity index (χ1n) is 7.84. The van der Waals surface area contributed by atoms with Crippen LogP contribution in [0.5, 0.6) is 0 Å². The van der Waals surface area contributed by atoms with E-state index >= 15 is 0 Å². The van der Waals surface area contributed by atoms with Gasteiger partial charge < -0.3 is 0 Å². The normalized spacial score (nSPS) is 10.8. The lowest BCUT2D eigenvalue weighted by Crippen LogP contribution is -2.06. The van der Waals surface area contributed by atoms with E-state index in [1.54, 1.807) is 6.20 Å². The van der Waals surface area contributed by atoms with E-state index in [0.29, 0.717) is 22.5 Å². The van der Waals surface area contributed by atoms with Gasteiger partial charge >= 0.3 is 0 Å². The second-order valence-electron chi connectivity index (χ2n) is 5.64. The van der Waals surface area contributed by atoms with Crippen LogP contribution in [0, 0.1) is 0 Å². The summed E-state index contributed by atoms with van der Waals surface area (Å²) in [5.74, 6) is -0.0513. The van der Waals surface area contributed by atoms with Crippen molar-refractivity contribution in [1.82, 2.24) is 9.97 Å². The SMILES string of the molecule is O=C(c1ccc(Br)cc1)c1cc2cccnc2nc1-c1ccccc1. The number of carbonyl (C=O) groups is 1. The molecular weight excluding hydrogens is 376 g/mol. The van der Waals surface area contributed by atoms with Crippen LogP contribution < -0.4 is 0 Å². The molecule has 0 saturated heterocycles. The Hall–Kier alpha value is -2.85. The van der Waals surface area contributed by atoms with Crippen LogP contribution in [0.15, 0.2) is 83.5 Å². The molecule has 0 bridgehead atoms. The maximum absolute atomic E-state index is 13.1. The Bertz CT molecular complexity index is 1060. The van der Waals surface area contributed by atoms with E-state index in [1.807, 2.05) is 72.8 Å². The standard InChI is InChI=1S/C21H13BrN2O/c22-17-10-8-15(9-11-17)20(25)18-13-16-7-4-12-23-21(16)24-19(18)14-5-2-1-3-6-14/h1-13H. The first-order chi connectivity index (χ1) is 12.2. The number of hydrogen-bond donors (Lipinski definition) is 0. The summed E-state index contributed by atoms with van der Waals surface area (Å²) in [5.41, 5.74) is 3.39. The van der Waals surface area contributed by atoms with Gasteiger partial charge in [-0.2, -0.15) is 0 Å². The van der Waals surface area contributed by atoms with Crippen molar-refractivity contribution in [2.75, 3.05) is 0 Å². The minimum atomic E-state index is -0.0513. The number of ketones is 1. The zero-order valence-corrected chi connectivity index (χ0v) is 14.8. The summed E-state index contributed by atoms with van der Waals surface area (Å²) in [7, 11) is 0. The van der Waals surface area contributed by atoms with Gasteiger partial charge in [0.2, 0.25) is 0 Å². The quantitative estimate of drug-likeness (QED) is 0.447. The van der Waals surface area contributed by atoms with Crippen molar-refractivity contribution in [3.63, 3.8) is 0 Å². The van der Waals surface area contributed by atoms with Crippen LogP contribution in [0.4, 0.5) is 0 Å². The maximum Gasteiger partial charge on any atom is 0.195 e. The number of aromatic nitrogens is 2. The fraction of sp³-hybridized carbons (Fsp3) is 0. The molecule has 2 aromatic carbocycles. The van der Waals surface area contributed by atoms with Crippen LogP contribution in [-0.4, -0.2) is 15.8 Å².